The summed E-state index contributed by atoms with van der Waals surface area (Å²) in [5, 5.41) is 11.9. The Morgan fingerprint density at radius 2 is 1.96 bits per heavy atom. The number of benzene rings is 1. The second kappa shape index (κ2) is 5.37. The number of carboxylic acids is 1. The largest absolute Gasteiger partial charge is 0.481 e. The number of aromatic nitrogens is 1. The van der Waals surface area contributed by atoms with Crippen molar-refractivity contribution >= 4 is 28.7 Å². The van der Waals surface area contributed by atoms with Crippen LogP contribution in [0.25, 0.3) is 11.1 Å². The van der Waals surface area contributed by atoms with E-state index in [1.807, 2.05) is 12.1 Å². The van der Waals surface area contributed by atoms with Crippen LogP contribution >= 0.6 is 0 Å². The molecule has 2 atom stereocenters. The van der Waals surface area contributed by atoms with Crippen molar-refractivity contribution in [2.75, 3.05) is 5.32 Å². The lowest BCUT2D eigenvalue weighted by Gasteiger charge is -2.10. The quantitative estimate of drug-likeness (QED) is 0.904. The SMILES string of the molecule is O=C(O)[C@@H]1CC[C@H](C(=O)Nc2ccc3oc(C4CC4)nc3c2)C1. The Labute approximate surface area is 132 Å². The molecule has 0 unspecified atom stereocenters. The zero-order valence-electron chi connectivity index (χ0n) is 12.6. The molecule has 2 saturated carbocycles. The fraction of sp³-hybridized carbons (Fsp3) is 0.471. The first-order chi connectivity index (χ1) is 11.1. The normalized spacial score (nSPS) is 24.0. The minimum Gasteiger partial charge on any atom is -0.481 e. The minimum atomic E-state index is -0.808. The molecule has 6 nitrogen and oxygen atoms in total. The van der Waals surface area contributed by atoms with Gasteiger partial charge in [-0.15, -0.1) is 0 Å². The van der Waals surface area contributed by atoms with E-state index in [4.69, 9.17) is 9.52 Å². The number of nitrogens with zero attached hydrogens (tertiary/aromatic N) is 1. The number of aliphatic carboxylic acids is 1. The van der Waals surface area contributed by atoms with Gasteiger partial charge in [0.1, 0.15) is 5.52 Å². The predicted octanol–water partition coefficient (Wildman–Crippen LogP) is 3.14. The van der Waals surface area contributed by atoms with E-state index in [0.717, 1.165) is 29.8 Å². The maximum atomic E-state index is 12.3. The average Bonchev–Trinajstić information content (AvgIpc) is 3.10. The number of anilines is 1. The summed E-state index contributed by atoms with van der Waals surface area (Å²) in [6.07, 6.45) is 3.87. The predicted molar refractivity (Wildman–Crippen MR) is 83.1 cm³/mol. The van der Waals surface area contributed by atoms with Gasteiger partial charge in [0.05, 0.1) is 5.92 Å². The molecule has 1 heterocycles. The van der Waals surface area contributed by atoms with Crippen molar-refractivity contribution in [3.05, 3.63) is 24.1 Å². The molecule has 1 aromatic carbocycles. The van der Waals surface area contributed by atoms with Gasteiger partial charge in [-0.25, -0.2) is 4.98 Å². The second-order valence-electron chi connectivity index (χ2n) is 6.54. The average molecular weight is 314 g/mol. The van der Waals surface area contributed by atoms with Gasteiger partial charge in [0.15, 0.2) is 11.5 Å². The van der Waals surface area contributed by atoms with Gasteiger partial charge in [0, 0.05) is 17.5 Å². The molecule has 2 aliphatic rings. The summed E-state index contributed by atoms with van der Waals surface area (Å²) >= 11 is 0. The van der Waals surface area contributed by atoms with Gasteiger partial charge >= 0.3 is 5.97 Å². The number of nitrogens with one attached hydrogen (secondary N) is 1. The molecule has 0 saturated heterocycles. The number of fused-ring (bicyclic) bond motifs is 1. The molecule has 1 amide bonds. The third kappa shape index (κ3) is 2.81. The van der Waals surface area contributed by atoms with E-state index >= 15 is 0 Å². The summed E-state index contributed by atoms with van der Waals surface area (Å²) < 4.78 is 5.70. The lowest BCUT2D eigenvalue weighted by Crippen LogP contribution is -2.21. The highest BCUT2D eigenvalue weighted by Crippen LogP contribution is 2.40. The molecule has 0 bridgehead atoms. The van der Waals surface area contributed by atoms with Crippen molar-refractivity contribution < 1.29 is 19.1 Å². The van der Waals surface area contributed by atoms with Crippen molar-refractivity contribution in [1.82, 2.24) is 4.98 Å². The van der Waals surface area contributed by atoms with Gasteiger partial charge in [0.2, 0.25) is 5.91 Å². The van der Waals surface area contributed by atoms with Crippen LogP contribution in [0.1, 0.15) is 43.9 Å². The van der Waals surface area contributed by atoms with Gasteiger partial charge in [-0.3, -0.25) is 9.59 Å². The smallest absolute Gasteiger partial charge is 0.306 e. The molecular formula is C17H18N2O4. The van der Waals surface area contributed by atoms with Crippen LogP contribution in [0.2, 0.25) is 0 Å². The summed E-state index contributed by atoms with van der Waals surface area (Å²) in [7, 11) is 0. The first kappa shape index (κ1) is 14.2. The molecule has 2 aliphatic carbocycles. The standard InChI is InChI=1S/C17H18N2O4/c20-15(10-3-4-11(7-10)17(21)22)18-12-5-6-14-13(8-12)19-16(23-14)9-1-2-9/h5-6,8-11H,1-4,7H2,(H,18,20)(H,21,22)/t10-,11+/m0/s1. The zero-order chi connectivity index (χ0) is 16.0. The lowest BCUT2D eigenvalue weighted by molar-refractivity contribution is -0.141. The molecule has 2 N–H and O–H groups in total. The number of hydrogen-bond acceptors (Lipinski definition) is 4. The van der Waals surface area contributed by atoms with Crippen LogP contribution in [-0.2, 0) is 9.59 Å². The van der Waals surface area contributed by atoms with Crippen LogP contribution in [-0.4, -0.2) is 22.0 Å². The molecule has 6 heteroatoms. The Morgan fingerprint density at radius 1 is 1.17 bits per heavy atom. The molecule has 0 aliphatic heterocycles. The molecule has 23 heavy (non-hydrogen) atoms. The highest BCUT2D eigenvalue weighted by atomic mass is 16.4. The molecule has 2 fully saturated rings. The van der Waals surface area contributed by atoms with Gasteiger partial charge in [-0.1, -0.05) is 0 Å². The minimum absolute atomic E-state index is 0.112. The maximum absolute atomic E-state index is 12.3. The molecule has 0 spiro atoms. The molecular weight excluding hydrogens is 296 g/mol. The fourth-order valence-electron chi connectivity index (χ4n) is 3.22. The van der Waals surface area contributed by atoms with Crippen LogP contribution in [0.15, 0.2) is 22.6 Å². The van der Waals surface area contributed by atoms with Crippen LogP contribution in [0.5, 0.6) is 0 Å². The number of hydrogen-bond donors (Lipinski definition) is 2. The molecule has 1 aromatic heterocycles. The number of carbonyl (C=O) groups is 2. The third-order valence-electron chi connectivity index (χ3n) is 4.75. The van der Waals surface area contributed by atoms with Crippen molar-refractivity contribution in [2.24, 2.45) is 11.8 Å². The highest BCUT2D eigenvalue weighted by molar-refractivity contribution is 5.94. The monoisotopic (exact) mass is 314 g/mol. The molecule has 4 rings (SSSR count). The maximum Gasteiger partial charge on any atom is 0.306 e. The zero-order valence-corrected chi connectivity index (χ0v) is 12.6. The van der Waals surface area contributed by atoms with E-state index in [1.165, 1.54) is 0 Å². The highest BCUT2D eigenvalue weighted by Gasteiger charge is 2.34. The van der Waals surface area contributed by atoms with Gasteiger partial charge in [-0.05, 0) is 50.3 Å². The van der Waals surface area contributed by atoms with Crippen molar-refractivity contribution in [1.29, 1.82) is 0 Å². The van der Waals surface area contributed by atoms with E-state index < -0.39 is 11.9 Å². The molecule has 120 valence electrons. The van der Waals surface area contributed by atoms with Crippen molar-refractivity contribution in [2.45, 2.75) is 38.0 Å². The number of amides is 1. The van der Waals surface area contributed by atoms with Crippen molar-refractivity contribution in [3.8, 4) is 0 Å². The van der Waals surface area contributed by atoms with Crippen LogP contribution in [0.4, 0.5) is 5.69 Å². The number of oxazole rings is 1. The van der Waals surface area contributed by atoms with E-state index in [-0.39, 0.29) is 11.8 Å². The van der Waals surface area contributed by atoms with E-state index in [1.54, 1.807) is 6.07 Å². The Hall–Kier alpha value is -2.37. The topological polar surface area (TPSA) is 92.4 Å². The fourth-order valence-corrected chi connectivity index (χ4v) is 3.22. The first-order valence-electron chi connectivity index (χ1n) is 8.04. The Bertz CT molecular complexity index is 778. The first-order valence-corrected chi connectivity index (χ1v) is 8.04. The van der Waals surface area contributed by atoms with Crippen LogP contribution in [0.3, 0.4) is 0 Å². The summed E-state index contributed by atoms with van der Waals surface area (Å²) in [5.41, 5.74) is 2.16. The van der Waals surface area contributed by atoms with Gasteiger partial charge < -0.3 is 14.8 Å². The molecule has 0 radical (unpaired) electrons. The van der Waals surface area contributed by atoms with Gasteiger partial charge in [-0.2, -0.15) is 0 Å². The van der Waals surface area contributed by atoms with Crippen LogP contribution < -0.4 is 5.32 Å². The Kier molecular flexibility index (Phi) is 3.32. The Morgan fingerprint density at radius 3 is 2.65 bits per heavy atom. The Balaban J connectivity index is 1.46. The summed E-state index contributed by atoms with van der Waals surface area (Å²) in [6.45, 7) is 0. The van der Waals surface area contributed by atoms with Gasteiger partial charge in [0.25, 0.3) is 0 Å². The molecule has 2 aromatic rings. The number of carbonyl (C=O) groups excluding carboxylic acids is 1. The second-order valence-corrected chi connectivity index (χ2v) is 6.54. The lowest BCUT2D eigenvalue weighted by atomic mass is 10.0. The van der Waals surface area contributed by atoms with E-state index in [2.05, 4.69) is 10.3 Å². The van der Waals surface area contributed by atoms with Crippen LogP contribution in [0, 0.1) is 11.8 Å². The van der Waals surface area contributed by atoms with E-state index in [9.17, 15) is 9.59 Å². The summed E-state index contributed by atoms with van der Waals surface area (Å²) in [4.78, 5) is 27.8. The summed E-state index contributed by atoms with van der Waals surface area (Å²) in [5.74, 6) is -0.317. The number of rotatable bonds is 4. The summed E-state index contributed by atoms with van der Waals surface area (Å²) in [6, 6.07) is 5.43. The van der Waals surface area contributed by atoms with E-state index in [0.29, 0.717) is 30.9 Å². The third-order valence-corrected chi connectivity index (χ3v) is 4.75. The number of carboxylic acid groups (broad SMARTS) is 1. The van der Waals surface area contributed by atoms with Crippen molar-refractivity contribution in [3.63, 3.8) is 0 Å².